The number of carbonyl (C=O) groups excluding carboxylic acids is 1. The van der Waals surface area contributed by atoms with Crippen LogP contribution in [0.2, 0.25) is 0 Å². The SMILES string of the molecule is COc1ccc2cc(CN(CCc3ccc(F)cc3)C(=O)c3cccs3)c(N3CCOCC3)nc2c1. The van der Waals surface area contributed by atoms with Gasteiger partial charge in [0.05, 0.1) is 30.7 Å². The van der Waals surface area contributed by atoms with Gasteiger partial charge in [0.15, 0.2) is 0 Å². The molecule has 3 heterocycles. The van der Waals surface area contributed by atoms with Gasteiger partial charge >= 0.3 is 0 Å². The van der Waals surface area contributed by atoms with Crippen LogP contribution in [0.1, 0.15) is 20.8 Å². The summed E-state index contributed by atoms with van der Waals surface area (Å²) in [6, 6.07) is 18.2. The molecule has 0 aliphatic carbocycles. The monoisotopic (exact) mass is 505 g/mol. The number of aromatic nitrogens is 1. The van der Waals surface area contributed by atoms with Gasteiger partial charge < -0.3 is 19.3 Å². The Labute approximate surface area is 213 Å². The van der Waals surface area contributed by atoms with Crippen molar-refractivity contribution in [1.29, 1.82) is 0 Å². The van der Waals surface area contributed by atoms with Crippen LogP contribution in [0.25, 0.3) is 10.9 Å². The average molecular weight is 506 g/mol. The predicted octanol–water partition coefficient (Wildman–Crippen LogP) is 5.17. The van der Waals surface area contributed by atoms with Crippen molar-refractivity contribution >= 4 is 34.0 Å². The number of thiophene rings is 1. The lowest BCUT2D eigenvalue weighted by molar-refractivity contribution is 0.0749. The third-order valence-corrected chi connectivity index (χ3v) is 7.21. The number of hydrogen-bond donors (Lipinski definition) is 0. The maximum Gasteiger partial charge on any atom is 0.264 e. The summed E-state index contributed by atoms with van der Waals surface area (Å²) in [6.07, 6.45) is 0.627. The third-order valence-electron chi connectivity index (χ3n) is 6.36. The standard InChI is InChI=1S/C28H28FN3O3S/c1-34-24-9-6-21-17-22(27(30-25(21)18-24)31-12-14-35-15-13-31)19-32(28(33)26-3-2-16-36-26)11-10-20-4-7-23(29)8-5-20/h2-9,16-18H,10-15,19H2,1H3. The highest BCUT2D eigenvalue weighted by atomic mass is 32.1. The molecule has 2 aromatic carbocycles. The van der Waals surface area contributed by atoms with Gasteiger partial charge in [-0.3, -0.25) is 4.79 Å². The van der Waals surface area contributed by atoms with E-state index in [1.54, 1.807) is 19.2 Å². The normalized spacial score (nSPS) is 13.7. The van der Waals surface area contributed by atoms with E-state index < -0.39 is 0 Å². The molecule has 6 nitrogen and oxygen atoms in total. The molecule has 0 unspecified atom stereocenters. The van der Waals surface area contributed by atoms with Crippen LogP contribution < -0.4 is 9.64 Å². The minimum Gasteiger partial charge on any atom is -0.497 e. The predicted molar refractivity (Wildman–Crippen MR) is 140 cm³/mol. The van der Waals surface area contributed by atoms with Crippen molar-refractivity contribution in [1.82, 2.24) is 9.88 Å². The fourth-order valence-corrected chi connectivity index (χ4v) is 5.09. The quantitative estimate of drug-likeness (QED) is 0.331. The summed E-state index contributed by atoms with van der Waals surface area (Å²) < 4.78 is 24.4. The number of benzene rings is 2. The van der Waals surface area contributed by atoms with Crippen molar-refractivity contribution < 1.29 is 18.7 Å². The Balaban J connectivity index is 1.50. The first-order valence-corrected chi connectivity index (χ1v) is 12.9. The zero-order valence-corrected chi connectivity index (χ0v) is 21.0. The van der Waals surface area contributed by atoms with Gasteiger partial charge in [-0.1, -0.05) is 18.2 Å². The first kappa shape index (κ1) is 24.2. The molecule has 1 saturated heterocycles. The summed E-state index contributed by atoms with van der Waals surface area (Å²) in [5, 5.41) is 2.90. The zero-order chi connectivity index (χ0) is 24.9. The molecule has 2 aromatic heterocycles. The van der Waals surface area contributed by atoms with Crippen LogP contribution in [-0.4, -0.2) is 55.7 Å². The Morgan fingerprint density at radius 1 is 1.14 bits per heavy atom. The molecule has 0 radical (unpaired) electrons. The van der Waals surface area contributed by atoms with Gasteiger partial charge in [-0.15, -0.1) is 11.3 Å². The molecule has 1 amide bonds. The highest BCUT2D eigenvalue weighted by Crippen LogP contribution is 2.29. The van der Waals surface area contributed by atoms with Gasteiger partial charge in [-0.25, -0.2) is 9.37 Å². The van der Waals surface area contributed by atoms with Crippen LogP contribution in [-0.2, 0) is 17.7 Å². The molecule has 1 fully saturated rings. The fourth-order valence-electron chi connectivity index (χ4n) is 4.40. The largest absolute Gasteiger partial charge is 0.497 e. The minimum atomic E-state index is -0.265. The molecule has 1 aliphatic rings. The van der Waals surface area contributed by atoms with Gasteiger partial charge in [0.25, 0.3) is 5.91 Å². The van der Waals surface area contributed by atoms with E-state index >= 15 is 0 Å². The van der Waals surface area contributed by atoms with Crippen LogP contribution in [0.4, 0.5) is 10.2 Å². The molecule has 0 spiro atoms. The van der Waals surface area contributed by atoms with E-state index in [0.717, 1.165) is 46.7 Å². The summed E-state index contributed by atoms with van der Waals surface area (Å²) >= 11 is 1.44. The van der Waals surface area contributed by atoms with Crippen molar-refractivity contribution in [2.24, 2.45) is 0 Å². The highest BCUT2D eigenvalue weighted by Gasteiger charge is 2.23. The van der Waals surface area contributed by atoms with Crippen molar-refractivity contribution in [3.8, 4) is 5.75 Å². The number of carbonyl (C=O) groups is 1. The summed E-state index contributed by atoms with van der Waals surface area (Å²) in [4.78, 5) is 23.3. The van der Waals surface area contributed by atoms with Crippen molar-refractivity contribution in [2.45, 2.75) is 13.0 Å². The molecular weight excluding hydrogens is 477 g/mol. The number of rotatable bonds is 8. The lowest BCUT2D eigenvalue weighted by atomic mass is 10.1. The molecule has 0 bridgehead atoms. The maximum atomic E-state index is 13.5. The second-order valence-corrected chi connectivity index (χ2v) is 9.66. The number of pyridine rings is 1. The summed E-state index contributed by atoms with van der Waals surface area (Å²) in [7, 11) is 1.65. The van der Waals surface area contributed by atoms with Crippen LogP contribution in [0.3, 0.4) is 0 Å². The minimum absolute atomic E-state index is 0.0186. The van der Waals surface area contributed by atoms with Crippen LogP contribution >= 0.6 is 11.3 Å². The molecule has 0 atom stereocenters. The first-order chi connectivity index (χ1) is 17.6. The lowest BCUT2D eigenvalue weighted by Gasteiger charge is -2.31. The molecule has 8 heteroatoms. The molecule has 186 valence electrons. The van der Waals surface area contributed by atoms with Gasteiger partial charge in [-0.05, 0) is 53.8 Å². The summed E-state index contributed by atoms with van der Waals surface area (Å²) in [5.41, 5.74) is 2.82. The number of nitrogens with zero attached hydrogens (tertiary/aromatic N) is 3. The van der Waals surface area contributed by atoms with E-state index in [2.05, 4.69) is 11.0 Å². The second kappa shape index (κ2) is 11.1. The van der Waals surface area contributed by atoms with E-state index in [1.165, 1.54) is 23.5 Å². The lowest BCUT2D eigenvalue weighted by Crippen LogP contribution is -2.38. The molecule has 5 rings (SSSR count). The number of ether oxygens (including phenoxy) is 2. The zero-order valence-electron chi connectivity index (χ0n) is 20.2. The van der Waals surface area contributed by atoms with E-state index in [4.69, 9.17) is 14.5 Å². The van der Waals surface area contributed by atoms with Gasteiger partial charge in [-0.2, -0.15) is 0 Å². The Hall–Kier alpha value is -3.49. The number of amides is 1. The topological polar surface area (TPSA) is 54.9 Å². The number of morpholine rings is 1. The molecule has 0 saturated carbocycles. The summed E-state index contributed by atoms with van der Waals surface area (Å²) in [6.45, 7) is 3.68. The van der Waals surface area contributed by atoms with Crippen LogP contribution in [0, 0.1) is 5.82 Å². The van der Waals surface area contributed by atoms with Crippen molar-refractivity contribution in [2.75, 3.05) is 44.9 Å². The van der Waals surface area contributed by atoms with Gasteiger partial charge in [0.1, 0.15) is 17.4 Å². The first-order valence-electron chi connectivity index (χ1n) is 12.0. The van der Waals surface area contributed by atoms with Crippen LogP contribution in [0.15, 0.2) is 66.0 Å². The second-order valence-electron chi connectivity index (χ2n) is 8.71. The Bertz CT molecular complexity index is 1320. The van der Waals surface area contributed by atoms with E-state index in [-0.39, 0.29) is 11.7 Å². The number of fused-ring (bicyclic) bond motifs is 1. The van der Waals surface area contributed by atoms with Crippen molar-refractivity contribution in [3.05, 3.63) is 87.9 Å². The third kappa shape index (κ3) is 5.50. The van der Waals surface area contributed by atoms with Crippen LogP contribution in [0.5, 0.6) is 5.75 Å². The Kier molecular flexibility index (Phi) is 7.44. The van der Waals surface area contributed by atoms with E-state index in [9.17, 15) is 9.18 Å². The Morgan fingerprint density at radius 2 is 1.94 bits per heavy atom. The number of anilines is 1. The number of methoxy groups -OCH3 is 1. The number of hydrogen-bond acceptors (Lipinski definition) is 6. The molecular formula is C28H28FN3O3S. The molecule has 0 N–H and O–H groups in total. The smallest absolute Gasteiger partial charge is 0.264 e. The van der Waals surface area contributed by atoms with Gasteiger partial charge in [0.2, 0.25) is 0 Å². The fraction of sp³-hybridized carbons (Fsp3) is 0.286. The van der Waals surface area contributed by atoms with Crippen molar-refractivity contribution in [3.63, 3.8) is 0 Å². The van der Waals surface area contributed by atoms with E-state index in [1.807, 2.05) is 40.6 Å². The summed E-state index contributed by atoms with van der Waals surface area (Å²) in [5.74, 6) is 1.34. The molecule has 4 aromatic rings. The average Bonchev–Trinajstić information content (AvgIpc) is 3.46. The highest BCUT2D eigenvalue weighted by molar-refractivity contribution is 7.12. The Morgan fingerprint density at radius 3 is 2.67 bits per heavy atom. The molecule has 36 heavy (non-hydrogen) atoms. The number of halogens is 1. The van der Waals surface area contributed by atoms with Gasteiger partial charge in [0, 0.05) is 43.2 Å². The molecule has 1 aliphatic heterocycles. The van der Waals surface area contributed by atoms with E-state index in [0.29, 0.717) is 37.6 Å². The maximum absolute atomic E-state index is 13.5.